The summed E-state index contributed by atoms with van der Waals surface area (Å²) in [5.74, 6) is 0.608. The van der Waals surface area contributed by atoms with Gasteiger partial charge < -0.3 is 5.73 Å². The van der Waals surface area contributed by atoms with E-state index in [9.17, 15) is 0 Å². The van der Waals surface area contributed by atoms with E-state index in [4.69, 9.17) is 5.73 Å². The second-order valence-corrected chi connectivity index (χ2v) is 3.75. The summed E-state index contributed by atoms with van der Waals surface area (Å²) in [6, 6.07) is 1.80. The maximum absolute atomic E-state index is 5.78. The molecule has 0 bridgehead atoms. The van der Waals surface area contributed by atoms with Crippen molar-refractivity contribution in [1.29, 1.82) is 0 Å². The molecular weight excluding hydrogens is 232 g/mol. The van der Waals surface area contributed by atoms with Gasteiger partial charge in [0.2, 0.25) is 0 Å². The molecule has 2 heterocycles. The van der Waals surface area contributed by atoms with Crippen LogP contribution in [0.15, 0.2) is 10.5 Å². The van der Waals surface area contributed by atoms with Crippen molar-refractivity contribution in [3.63, 3.8) is 0 Å². The molecule has 68 valence electrons. The summed E-state index contributed by atoms with van der Waals surface area (Å²) >= 11 is 3.42. The Hall–Kier alpha value is -1.10. The zero-order chi connectivity index (χ0) is 9.59. The second-order valence-electron chi connectivity index (χ2n) is 2.96. The Morgan fingerprint density at radius 3 is 2.85 bits per heavy atom. The normalized spacial score (nSPS) is 11.0. The van der Waals surface area contributed by atoms with Crippen LogP contribution in [0, 0.1) is 13.8 Å². The average Bonchev–Trinajstić information content (AvgIpc) is 2.32. The molecule has 0 radical (unpaired) electrons. The van der Waals surface area contributed by atoms with E-state index in [1.807, 2.05) is 13.8 Å². The monoisotopic (exact) mass is 240 g/mol. The van der Waals surface area contributed by atoms with Crippen LogP contribution in [0.1, 0.15) is 11.4 Å². The average molecular weight is 241 g/mol. The quantitative estimate of drug-likeness (QED) is 0.763. The first-order chi connectivity index (χ1) is 6.09. The van der Waals surface area contributed by atoms with Gasteiger partial charge in [-0.1, -0.05) is 0 Å². The number of hydrogen-bond acceptors (Lipinski definition) is 3. The predicted octanol–water partition coefficient (Wildman–Crippen LogP) is 1.69. The number of nitrogens with zero attached hydrogens (tertiary/aromatic N) is 3. The number of fused-ring (bicyclic) bond motifs is 1. The van der Waals surface area contributed by atoms with E-state index in [2.05, 4.69) is 26.0 Å². The van der Waals surface area contributed by atoms with Crippen LogP contribution in [0.25, 0.3) is 5.65 Å². The molecule has 2 rings (SSSR count). The van der Waals surface area contributed by atoms with Gasteiger partial charge in [-0.3, -0.25) is 0 Å². The first-order valence-corrected chi connectivity index (χ1v) is 4.67. The molecule has 0 saturated carbocycles. The molecule has 2 aromatic rings. The summed E-state index contributed by atoms with van der Waals surface area (Å²) in [5, 5.41) is 4.24. The van der Waals surface area contributed by atoms with E-state index < -0.39 is 0 Å². The van der Waals surface area contributed by atoms with Crippen molar-refractivity contribution < 1.29 is 0 Å². The van der Waals surface area contributed by atoms with Gasteiger partial charge in [0.1, 0.15) is 5.82 Å². The first kappa shape index (κ1) is 8.50. The third-order valence-corrected chi connectivity index (χ3v) is 2.78. The van der Waals surface area contributed by atoms with Gasteiger partial charge in [0.15, 0.2) is 5.65 Å². The summed E-state index contributed by atoms with van der Waals surface area (Å²) in [6.07, 6.45) is 0. The molecular formula is C8H9BrN4. The fourth-order valence-electron chi connectivity index (χ4n) is 1.25. The lowest BCUT2D eigenvalue weighted by Gasteiger charge is -1.99. The zero-order valence-corrected chi connectivity index (χ0v) is 8.96. The smallest absolute Gasteiger partial charge is 0.172 e. The van der Waals surface area contributed by atoms with E-state index in [-0.39, 0.29) is 0 Å². The minimum absolute atomic E-state index is 0.608. The van der Waals surface area contributed by atoms with Crippen LogP contribution in [0.2, 0.25) is 0 Å². The molecule has 2 aromatic heterocycles. The van der Waals surface area contributed by atoms with Crippen molar-refractivity contribution in [3.8, 4) is 0 Å². The lowest BCUT2D eigenvalue weighted by molar-refractivity contribution is 0.921. The van der Waals surface area contributed by atoms with Crippen LogP contribution < -0.4 is 5.73 Å². The van der Waals surface area contributed by atoms with Crippen molar-refractivity contribution in [2.75, 3.05) is 5.73 Å². The Morgan fingerprint density at radius 1 is 1.46 bits per heavy atom. The minimum Gasteiger partial charge on any atom is -0.384 e. The maximum atomic E-state index is 5.78. The molecule has 0 aliphatic heterocycles. The molecule has 0 amide bonds. The Bertz CT molecular complexity index is 474. The number of nitrogens with two attached hydrogens (primary N) is 1. The molecule has 0 unspecified atom stereocenters. The Labute approximate surface area is 83.9 Å². The molecule has 2 N–H and O–H groups in total. The summed E-state index contributed by atoms with van der Waals surface area (Å²) in [6.45, 7) is 3.82. The van der Waals surface area contributed by atoms with Gasteiger partial charge >= 0.3 is 0 Å². The minimum atomic E-state index is 0.608. The van der Waals surface area contributed by atoms with Crippen molar-refractivity contribution >= 4 is 27.4 Å². The van der Waals surface area contributed by atoms with Gasteiger partial charge in [-0.05, 0) is 29.8 Å². The van der Waals surface area contributed by atoms with Gasteiger partial charge in [0, 0.05) is 11.8 Å². The van der Waals surface area contributed by atoms with Crippen molar-refractivity contribution in [2.45, 2.75) is 13.8 Å². The van der Waals surface area contributed by atoms with Gasteiger partial charge in [0.25, 0.3) is 0 Å². The van der Waals surface area contributed by atoms with Crippen molar-refractivity contribution in [1.82, 2.24) is 14.6 Å². The van der Waals surface area contributed by atoms with Crippen LogP contribution >= 0.6 is 15.9 Å². The molecule has 4 nitrogen and oxygen atoms in total. The number of halogens is 1. The van der Waals surface area contributed by atoms with Gasteiger partial charge in [-0.15, -0.1) is 0 Å². The summed E-state index contributed by atoms with van der Waals surface area (Å²) in [4.78, 5) is 4.33. The van der Waals surface area contributed by atoms with E-state index in [0.717, 1.165) is 21.5 Å². The Morgan fingerprint density at radius 2 is 2.15 bits per heavy atom. The molecule has 0 aliphatic carbocycles. The van der Waals surface area contributed by atoms with E-state index in [0.29, 0.717) is 5.82 Å². The fourth-order valence-corrected chi connectivity index (χ4v) is 1.58. The summed E-state index contributed by atoms with van der Waals surface area (Å²) < 4.78 is 2.54. The zero-order valence-electron chi connectivity index (χ0n) is 7.37. The lowest BCUT2D eigenvalue weighted by Crippen LogP contribution is -2.00. The topological polar surface area (TPSA) is 56.2 Å². The van der Waals surface area contributed by atoms with Gasteiger partial charge in [-0.2, -0.15) is 9.61 Å². The molecule has 5 heteroatoms. The summed E-state index contributed by atoms with van der Waals surface area (Å²) in [7, 11) is 0. The SMILES string of the molecule is Cc1cc(N)n2nc(C)c(Br)c2n1. The Kier molecular flexibility index (Phi) is 1.76. The van der Waals surface area contributed by atoms with Gasteiger partial charge in [-0.25, -0.2) is 4.98 Å². The molecule has 0 aromatic carbocycles. The van der Waals surface area contributed by atoms with Crippen LogP contribution in [-0.2, 0) is 0 Å². The fraction of sp³-hybridized carbons (Fsp3) is 0.250. The van der Waals surface area contributed by atoms with Crippen molar-refractivity contribution in [3.05, 3.63) is 21.9 Å². The molecule has 0 atom stereocenters. The molecule has 0 saturated heterocycles. The molecule has 13 heavy (non-hydrogen) atoms. The number of rotatable bonds is 0. The van der Waals surface area contributed by atoms with Crippen LogP contribution in [0.5, 0.6) is 0 Å². The van der Waals surface area contributed by atoms with Crippen molar-refractivity contribution in [2.24, 2.45) is 0 Å². The number of aromatic nitrogens is 3. The maximum Gasteiger partial charge on any atom is 0.172 e. The molecule has 0 aliphatic rings. The standard InChI is InChI=1S/C8H9BrN4/c1-4-3-6(10)13-8(11-4)7(9)5(2)12-13/h3H,10H2,1-2H3. The van der Waals surface area contributed by atoms with Crippen LogP contribution in [0.3, 0.4) is 0 Å². The highest BCUT2D eigenvalue weighted by molar-refractivity contribution is 9.10. The summed E-state index contributed by atoms with van der Waals surface area (Å²) in [5.41, 5.74) is 8.34. The van der Waals surface area contributed by atoms with E-state index >= 15 is 0 Å². The molecule has 0 fully saturated rings. The van der Waals surface area contributed by atoms with Crippen LogP contribution in [-0.4, -0.2) is 14.6 Å². The largest absolute Gasteiger partial charge is 0.384 e. The number of hydrogen-bond donors (Lipinski definition) is 1. The van der Waals surface area contributed by atoms with Gasteiger partial charge in [0.05, 0.1) is 10.2 Å². The number of anilines is 1. The Balaban J connectivity index is 2.94. The first-order valence-electron chi connectivity index (χ1n) is 3.87. The highest BCUT2D eigenvalue weighted by Crippen LogP contribution is 2.22. The number of aryl methyl sites for hydroxylation is 2. The third kappa shape index (κ3) is 1.19. The van der Waals surface area contributed by atoms with E-state index in [1.165, 1.54) is 0 Å². The van der Waals surface area contributed by atoms with E-state index in [1.54, 1.807) is 10.6 Å². The van der Waals surface area contributed by atoms with Crippen LogP contribution in [0.4, 0.5) is 5.82 Å². The lowest BCUT2D eigenvalue weighted by atomic mass is 10.4. The highest BCUT2D eigenvalue weighted by Gasteiger charge is 2.09. The third-order valence-electron chi connectivity index (χ3n) is 1.85. The predicted molar refractivity (Wildman–Crippen MR) is 54.6 cm³/mol. The highest BCUT2D eigenvalue weighted by atomic mass is 79.9. The number of nitrogen functional groups attached to an aromatic ring is 1. The second kappa shape index (κ2) is 2.70. The molecule has 0 spiro atoms.